The van der Waals surface area contributed by atoms with Gasteiger partial charge in [-0.1, -0.05) is 12.1 Å². The van der Waals surface area contributed by atoms with E-state index >= 15 is 0 Å². The first-order valence-electron chi connectivity index (χ1n) is 7.18. The first-order valence-corrected chi connectivity index (χ1v) is 7.18. The number of aromatic carboxylic acids is 4. The van der Waals surface area contributed by atoms with Crippen LogP contribution in [0.5, 0.6) is 0 Å². The van der Waals surface area contributed by atoms with E-state index in [2.05, 4.69) is 0 Å². The summed E-state index contributed by atoms with van der Waals surface area (Å²) in [5, 5.41) is 36.3. The van der Waals surface area contributed by atoms with E-state index in [-0.39, 0.29) is 0 Å². The van der Waals surface area contributed by atoms with Crippen molar-refractivity contribution in [3.05, 3.63) is 58.1 Å². The molecule has 0 amide bonds. The average molecular weight is 398 g/mol. The third-order valence-electron chi connectivity index (χ3n) is 3.72. The minimum atomic E-state index is -5.30. The smallest absolute Gasteiger partial charge is 0.417 e. The van der Waals surface area contributed by atoms with Crippen LogP contribution in [0, 0.1) is 0 Å². The molecule has 0 saturated heterocycles. The highest BCUT2D eigenvalue weighted by atomic mass is 19.4. The Morgan fingerprint density at radius 1 is 0.679 bits per heavy atom. The normalized spacial score (nSPS) is 11.1. The van der Waals surface area contributed by atoms with Crippen molar-refractivity contribution in [1.29, 1.82) is 0 Å². The lowest BCUT2D eigenvalue weighted by Gasteiger charge is -2.18. The molecule has 0 aliphatic heterocycles. The second-order valence-electron chi connectivity index (χ2n) is 5.39. The summed E-state index contributed by atoms with van der Waals surface area (Å²) in [6, 6.07) is 3.59. The Labute approximate surface area is 153 Å². The molecule has 0 bridgehead atoms. The Hall–Kier alpha value is -3.89. The fourth-order valence-electron chi connectivity index (χ4n) is 2.61. The molecule has 0 saturated carbocycles. The molecule has 0 fully saturated rings. The van der Waals surface area contributed by atoms with Crippen molar-refractivity contribution in [3.8, 4) is 11.1 Å². The van der Waals surface area contributed by atoms with Crippen LogP contribution in [0.15, 0.2) is 30.3 Å². The van der Waals surface area contributed by atoms with Gasteiger partial charge in [0.15, 0.2) is 0 Å². The van der Waals surface area contributed by atoms with Gasteiger partial charge in [0.25, 0.3) is 0 Å². The number of halogens is 3. The number of carbonyl (C=O) groups is 4. The number of hydrogen-bond donors (Lipinski definition) is 4. The Balaban J connectivity index is 2.94. The average Bonchev–Trinajstić information content (AvgIpc) is 2.58. The number of rotatable bonds is 5. The molecule has 2 rings (SSSR count). The fraction of sp³-hybridized carbons (Fsp3) is 0.0588. The van der Waals surface area contributed by atoms with Crippen LogP contribution in [0.25, 0.3) is 11.1 Å². The van der Waals surface area contributed by atoms with Gasteiger partial charge in [0.1, 0.15) is 0 Å². The first-order chi connectivity index (χ1) is 12.9. The number of benzene rings is 2. The van der Waals surface area contributed by atoms with E-state index in [1.54, 1.807) is 0 Å². The molecule has 8 nitrogen and oxygen atoms in total. The Morgan fingerprint density at radius 2 is 1.18 bits per heavy atom. The van der Waals surface area contributed by atoms with Crippen molar-refractivity contribution in [1.82, 2.24) is 0 Å². The standard InChI is InChI=1S/C17H9F3O8/c18-17(19,20)12-7(3-4-9(14(23)24)11(12)16(27)28)6-1-2-8(13(21)22)10(5-6)15(25)26/h1-5H,(H,21,22)(H,23,24)(H,25,26)(H,27,28). The largest absolute Gasteiger partial charge is 0.478 e. The molecule has 0 aliphatic carbocycles. The van der Waals surface area contributed by atoms with E-state index in [1.807, 2.05) is 0 Å². The molecule has 0 spiro atoms. The zero-order valence-electron chi connectivity index (χ0n) is 13.4. The summed E-state index contributed by atoms with van der Waals surface area (Å²) in [7, 11) is 0. The third-order valence-corrected chi connectivity index (χ3v) is 3.72. The Kier molecular flexibility index (Phi) is 5.12. The van der Waals surface area contributed by atoms with Gasteiger partial charge in [-0.05, 0) is 29.3 Å². The molecule has 4 N–H and O–H groups in total. The molecule has 2 aromatic carbocycles. The van der Waals surface area contributed by atoms with Crippen molar-refractivity contribution < 1.29 is 52.8 Å². The lowest BCUT2D eigenvalue weighted by atomic mass is 9.90. The van der Waals surface area contributed by atoms with Gasteiger partial charge < -0.3 is 20.4 Å². The summed E-state index contributed by atoms with van der Waals surface area (Å²) in [5.41, 5.74) is -7.19. The summed E-state index contributed by atoms with van der Waals surface area (Å²) in [6.45, 7) is 0. The molecular formula is C17H9F3O8. The number of carboxylic acid groups (broad SMARTS) is 4. The summed E-state index contributed by atoms with van der Waals surface area (Å²) in [6.07, 6.45) is -5.30. The zero-order chi connectivity index (χ0) is 21.4. The maximum absolute atomic E-state index is 13.6. The van der Waals surface area contributed by atoms with Crippen LogP contribution in [0.4, 0.5) is 13.2 Å². The fourth-order valence-corrected chi connectivity index (χ4v) is 2.61. The molecule has 28 heavy (non-hydrogen) atoms. The van der Waals surface area contributed by atoms with Crippen molar-refractivity contribution in [2.45, 2.75) is 6.18 Å². The van der Waals surface area contributed by atoms with Crippen LogP contribution in [0.3, 0.4) is 0 Å². The Bertz CT molecular complexity index is 1020. The highest BCUT2D eigenvalue weighted by Gasteiger charge is 2.41. The third kappa shape index (κ3) is 3.63. The molecule has 2 aromatic rings. The summed E-state index contributed by atoms with van der Waals surface area (Å²) in [4.78, 5) is 44.8. The highest BCUT2D eigenvalue weighted by Crippen LogP contribution is 2.41. The number of carboxylic acids is 4. The molecule has 0 atom stereocenters. The molecule has 146 valence electrons. The van der Waals surface area contributed by atoms with Crippen LogP contribution in [0.2, 0.25) is 0 Å². The number of hydrogen-bond acceptors (Lipinski definition) is 4. The second kappa shape index (κ2) is 7.02. The first kappa shape index (κ1) is 20.4. The minimum absolute atomic E-state index is 0.450. The number of alkyl halides is 3. The predicted octanol–water partition coefficient (Wildman–Crippen LogP) is 3.17. The molecule has 0 unspecified atom stereocenters. The topological polar surface area (TPSA) is 149 Å². The van der Waals surface area contributed by atoms with Crippen LogP contribution >= 0.6 is 0 Å². The van der Waals surface area contributed by atoms with Gasteiger partial charge >= 0.3 is 30.1 Å². The van der Waals surface area contributed by atoms with Crippen molar-refractivity contribution in [2.24, 2.45) is 0 Å². The predicted molar refractivity (Wildman–Crippen MR) is 84.7 cm³/mol. The molecular weight excluding hydrogens is 389 g/mol. The maximum Gasteiger partial charge on any atom is 0.417 e. The quantitative estimate of drug-likeness (QED) is 0.600. The van der Waals surface area contributed by atoms with Gasteiger partial charge in [-0.25, -0.2) is 19.2 Å². The second-order valence-corrected chi connectivity index (χ2v) is 5.39. The van der Waals surface area contributed by atoms with Gasteiger partial charge in [-0.2, -0.15) is 13.2 Å². The summed E-state index contributed by atoms with van der Waals surface area (Å²) in [5.74, 6) is -7.41. The van der Waals surface area contributed by atoms with Crippen molar-refractivity contribution >= 4 is 23.9 Å². The van der Waals surface area contributed by atoms with Gasteiger partial charge in [-0.3, -0.25) is 0 Å². The monoisotopic (exact) mass is 398 g/mol. The van der Waals surface area contributed by atoms with Crippen LogP contribution in [-0.4, -0.2) is 44.3 Å². The molecule has 0 aromatic heterocycles. The van der Waals surface area contributed by atoms with E-state index < -0.39 is 69.0 Å². The molecule has 0 radical (unpaired) electrons. The van der Waals surface area contributed by atoms with Gasteiger partial charge in [0.2, 0.25) is 0 Å². The van der Waals surface area contributed by atoms with Crippen LogP contribution in [0.1, 0.15) is 47.0 Å². The van der Waals surface area contributed by atoms with Gasteiger partial charge in [0.05, 0.1) is 27.8 Å². The minimum Gasteiger partial charge on any atom is -0.478 e. The molecule has 0 aliphatic rings. The summed E-state index contributed by atoms with van der Waals surface area (Å²) < 4.78 is 40.8. The SMILES string of the molecule is O=C(O)c1ccc(-c2ccc(C(=O)O)c(C(=O)O)c2C(F)(F)F)cc1C(=O)O. The van der Waals surface area contributed by atoms with E-state index in [0.29, 0.717) is 18.2 Å². The Morgan fingerprint density at radius 3 is 1.61 bits per heavy atom. The zero-order valence-corrected chi connectivity index (χ0v) is 13.4. The van der Waals surface area contributed by atoms with Crippen LogP contribution in [-0.2, 0) is 6.18 Å². The van der Waals surface area contributed by atoms with E-state index in [4.69, 9.17) is 20.4 Å². The van der Waals surface area contributed by atoms with E-state index in [0.717, 1.165) is 12.1 Å². The molecule has 0 heterocycles. The van der Waals surface area contributed by atoms with E-state index in [1.165, 1.54) is 0 Å². The lowest BCUT2D eigenvalue weighted by Crippen LogP contribution is -2.19. The molecule has 11 heteroatoms. The van der Waals surface area contributed by atoms with Gasteiger partial charge in [0, 0.05) is 0 Å². The van der Waals surface area contributed by atoms with Crippen LogP contribution < -0.4 is 0 Å². The van der Waals surface area contributed by atoms with E-state index in [9.17, 15) is 32.3 Å². The van der Waals surface area contributed by atoms with Crippen molar-refractivity contribution in [2.75, 3.05) is 0 Å². The lowest BCUT2D eigenvalue weighted by molar-refractivity contribution is -0.137. The van der Waals surface area contributed by atoms with Gasteiger partial charge in [-0.15, -0.1) is 0 Å². The summed E-state index contributed by atoms with van der Waals surface area (Å²) >= 11 is 0. The highest BCUT2D eigenvalue weighted by molar-refractivity contribution is 6.06. The van der Waals surface area contributed by atoms with Crippen molar-refractivity contribution in [3.63, 3.8) is 0 Å². The maximum atomic E-state index is 13.6.